The normalized spacial score (nSPS) is 15.6. The first-order chi connectivity index (χ1) is 12.2. The van der Waals surface area contributed by atoms with E-state index in [1.807, 2.05) is 34.3 Å². The molecule has 0 spiro atoms. The molecule has 0 saturated carbocycles. The van der Waals surface area contributed by atoms with Crippen LogP contribution >= 0.6 is 23.6 Å². The lowest BCUT2D eigenvalue weighted by Gasteiger charge is -2.36. The maximum atomic E-state index is 9.41. The first-order valence-electron chi connectivity index (χ1n) is 8.16. The minimum Gasteiger partial charge on any atom is -0.508 e. The van der Waals surface area contributed by atoms with Crippen LogP contribution in [0.2, 0.25) is 0 Å². The first kappa shape index (κ1) is 16.3. The molecular weight excluding hydrogens is 354 g/mol. The standard InChI is InChI=1S/C17H19N5OS2/c23-14-5-3-13(4-6-14)21-9-7-20(8-10-21)12-22-17(24)18-16(19-22)15-2-1-11-25-15/h1-6,11,23H,7-10,12H2,(H,18,19,24). The van der Waals surface area contributed by atoms with E-state index in [-0.39, 0.29) is 0 Å². The highest BCUT2D eigenvalue weighted by Crippen LogP contribution is 2.22. The smallest absolute Gasteiger partial charge is 0.217 e. The monoisotopic (exact) mass is 373 g/mol. The maximum absolute atomic E-state index is 9.41. The lowest BCUT2D eigenvalue weighted by Crippen LogP contribution is -2.46. The average molecular weight is 374 g/mol. The molecule has 1 aliphatic rings. The van der Waals surface area contributed by atoms with Crippen LogP contribution in [0, 0.1) is 4.77 Å². The molecule has 1 aliphatic heterocycles. The molecule has 0 bridgehead atoms. The topological polar surface area (TPSA) is 60.3 Å². The highest BCUT2D eigenvalue weighted by Gasteiger charge is 2.18. The van der Waals surface area contributed by atoms with E-state index in [0.717, 1.165) is 49.2 Å². The number of rotatable bonds is 4. The van der Waals surface area contributed by atoms with Crippen molar-refractivity contribution in [2.24, 2.45) is 0 Å². The predicted octanol–water partition coefficient (Wildman–Crippen LogP) is 3.15. The van der Waals surface area contributed by atoms with Crippen LogP contribution in [0.5, 0.6) is 5.75 Å². The third kappa shape index (κ3) is 3.60. The summed E-state index contributed by atoms with van der Waals surface area (Å²) in [6.07, 6.45) is 0. The first-order valence-corrected chi connectivity index (χ1v) is 9.45. The Morgan fingerprint density at radius 2 is 1.88 bits per heavy atom. The number of phenolic OH excluding ortho intramolecular Hbond substituents is 1. The average Bonchev–Trinajstić information content (AvgIpc) is 3.27. The van der Waals surface area contributed by atoms with Gasteiger partial charge in [0, 0.05) is 31.9 Å². The van der Waals surface area contributed by atoms with Gasteiger partial charge in [-0.1, -0.05) is 6.07 Å². The Morgan fingerprint density at radius 1 is 1.12 bits per heavy atom. The molecule has 4 rings (SSSR count). The van der Waals surface area contributed by atoms with Gasteiger partial charge in [-0.2, -0.15) is 4.98 Å². The molecule has 0 amide bonds. The Balaban J connectivity index is 1.39. The van der Waals surface area contributed by atoms with Crippen molar-refractivity contribution >= 4 is 29.2 Å². The number of nitrogens with one attached hydrogen (secondary N) is 1. The van der Waals surface area contributed by atoms with E-state index in [1.54, 1.807) is 23.5 Å². The number of phenols is 1. The van der Waals surface area contributed by atoms with Gasteiger partial charge < -0.3 is 10.0 Å². The summed E-state index contributed by atoms with van der Waals surface area (Å²) in [5.41, 5.74) is 1.15. The molecule has 0 unspecified atom stereocenters. The maximum Gasteiger partial charge on any atom is 0.217 e. The summed E-state index contributed by atoms with van der Waals surface area (Å²) in [6.45, 7) is 4.53. The Bertz CT molecular complexity index is 877. The van der Waals surface area contributed by atoms with E-state index in [0.29, 0.717) is 10.5 Å². The summed E-state index contributed by atoms with van der Waals surface area (Å²) in [6, 6.07) is 11.4. The summed E-state index contributed by atoms with van der Waals surface area (Å²) in [4.78, 5) is 10.3. The van der Waals surface area contributed by atoms with Crippen molar-refractivity contribution in [3.63, 3.8) is 0 Å². The zero-order valence-electron chi connectivity index (χ0n) is 13.6. The number of aromatic amines is 1. The van der Waals surface area contributed by atoms with Crippen molar-refractivity contribution in [1.29, 1.82) is 0 Å². The van der Waals surface area contributed by atoms with Gasteiger partial charge in [0.25, 0.3) is 0 Å². The fraction of sp³-hybridized carbons (Fsp3) is 0.294. The zero-order valence-corrected chi connectivity index (χ0v) is 15.3. The van der Waals surface area contributed by atoms with Gasteiger partial charge in [-0.3, -0.25) is 10.00 Å². The minimum atomic E-state index is 0.303. The predicted molar refractivity (Wildman–Crippen MR) is 103 cm³/mol. The molecule has 3 aromatic rings. The fourth-order valence-electron chi connectivity index (χ4n) is 2.99. The van der Waals surface area contributed by atoms with Crippen molar-refractivity contribution in [3.8, 4) is 16.5 Å². The van der Waals surface area contributed by atoms with E-state index in [9.17, 15) is 5.11 Å². The number of aromatic hydroxyl groups is 1. The van der Waals surface area contributed by atoms with Crippen LogP contribution in [0.1, 0.15) is 0 Å². The van der Waals surface area contributed by atoms with Gasteiger partial charge in [0.15, 0.2) is 5.82 Å². The lowest BCUT2D eigenvalue weighted by molar-refractivity contribution is 0.194. The van der Waals surface area contributed by atoms with E-state index in [4.69, 9.17) is 12.2 Å². The second kappa shape index (κ2) is 6.99. The molecular formula is C17H19N5OS2. The molecule has 1 aromatic carbocycles. The molecule has 0 atom stereocenters. The number of piperazine rings is 1. The van der Waals surface area contributed by atoms with E-state index in [2.05, 4.69) is 19.9 Å². The SMILES string of the molecule is Oc1ccc(N2CCN(Cn3[nH]c(-c4cccs4)nc3=S)CC2)cc1. The van der Waals surface area contributed by atoms with Crippen molar-refractivity contribution in [3.05, 3.63) is 46.5 Å². The number of aromatic nitrogens is 3. The van der Waals surface area contributed by atoms with Crippen LogP contribution in [-0.2, 0) is 6.67 Å². The summed E-state index contributed by atoms with van der Waals surface area (Å²) >= 11 is 7.04. The van der Waals surface area contributed by atoms with Gasteiger partial charge in [-0.25, -0.2) is 4.68 Å². The third-order valence-electron chi connectivity index (χ3n) is 4.36. The Morgan fingerprint density at radius 3 is 2.56 bits per heavy atom. The van der Waals surface area contributed by atoms with Crippen molar-refractivity contribution in [2.75, 3.05) is 31.1 Å². The Hall–Kier alpha value is -2.16. The van der Waals surface area contributed by atoms with Gasteiger partial charge in [0.2, 0.25) is 4.77 Å². The number of nitrogens with zero attached hydrogens (tertiary/aromatic N) is 4. The molecule has 2 N–H and O–H groups in total. The van der Waals surface area contributed by atoms with E-state index in [1.165, 1.54) is 0 Å². The number of hydrogen-bond acceptors (Lipinski definition) is 6. The van der Waals surface area contributed by atoms with Gasteiger partial charge in [0.1, 0.15) is 5.75 Å². The summed E-state index contributed by atoms with van der Waals surface area (Å²) < 4.78 is 2.52. The van der Waals surface area contributed by atoms with Crippen molar-refractivity contribution in [1.82, 2.24) is 19.7 Å². The quantitative estimate of drug-likeness (QED) is 0.688. The summed E-state index contributed by atoms with van der Waals surface area (Å²) in [5, 5.41) is 14.8. The second-order valence-corrected chi connectivity index (χ2v) is 7.34. The summed E-state index contributed by atoms with van der Waals surface area (Å²) in [7, 11) is 0. The Labute approximate surface area is 155 Å². The molecule has 1 saturated heterocycles. The highest BCUT2D eigenvalue weighted by molar-refractivity contribution is 7.71. The fourth-order valence-corrected chi connectivity index (χ4v) is 3.85. The second-order valence-electron chi connectivity index (χ2n) is 6.02. The van der Waals surface area contributed by atoms with Crippen LogP contribution in [-0.4, -0.2) is 50.9 Å². The molecule has 0 aliphatic carbocycles. The van der Waals surface area contributed by atoms with Crippen LogP contribution in [0.25, 0.3) is 10.7 Å². The largest absolute Gasteiger partial charge is 0.508 e. The third-order valence-corrected chi connectivity index (χ3v) is 5.55. The molecule has 130 valence electrons. The van der Waals surface area contributed by atoms with Crippen LogP contribution < -0.4 is 4.90 Å². The number of anilines is 1. The molecule has 3 heterocycles. The van der Waals surface area contributed by atoms with Crippen molar-refractivity contribution < 1.29 is 5.11 Å². The Kier molecular flexibility index (Phi) is 4.56. The summed E-state index contributed by atoms with van der Waals surface area (Å²) in [5.74, 6) is 1.14. The van der Waals surface area contributed by atoms with Gasteiger partial charge in [-0.05, 0) is 47.9 Å². The highest BCUT2D eigenvalue weighted by atomic mass is 32.1. The van der Waals surface area contributed by atoms with E-state index < -0.39 is 0 Å². The van der Waals surface area contributed by atoms with Gasteiger partial charge in [-0.15, -0.1) is 11.3 Å². The lowest BCUT2D eigenvalue weighted by atomic mass is 10.2. The molecule has 25 heavy (non-hydrogen) atoms. The molecule has 1 fully saturated rings. The number of benzene rings is 1. The zero-order chi connectivity index (χ0) is 17.2. The minimum absolute atomic E-state index is 0.303. The molecule has 6 nitrogen and oxygen atoms in total. The van der Waals surface area contributed by atoms with Gasteiger partial charge >= 0.3 is 0 Å². The molecule has 0 radical (unpaired) electrons. The number of thiophene rings is 1. The van der Waals surface area contributed by atoms with Crippen LogP contribution in [0.3, 0.4) is 0 Å². The van der Waals surface area contributed by atoms with Crippen LogP contribution in [0.4, 0.5) is 5.69 Å². The van der Waals surface area contributed by atoms with E-state index >= 15 is 0 Å². The molecule has 8 heteroatoms. The number of H-pyrrole nitrogens is 1. The van der Waals surface area contributed by atoms with Gasteiger partial charge in [0.05, 0.1) is 11.5 Å². The van der Waals surface area contributed by atoms with Crippen molar-refractivity contribution in [2.45, 2.75) is 6.67 Å². The van der Waals surface area contributed by atoms with Crippen LogP contribution in [0.15, 0.2) is 41.8 Å². The number of hydrogen-bond donors (Lipinski definition) is 2. The molecule has 2 aromatic heterocycles.